The number of rotatable bonds is 4. The first-order chi connectivity index (χ1) is 13.3. The average molecular weight is 412 g/mol. The number of ether oxygens (including phenoxy) is 1. The maximum absolute atomic E-state index is 12.6. The SMILES string of the molecule is C[C@H]1[C@H](NC(=O)c2ccc(Oc3nnc(C(F)(F)F)s3)cc2)C2CCN1CC2. The first-order valence-corrected chi connectivity index (χ1v) is 9.86. The van der Waals surface area contributed by atoms with Crippen molar-refractivity contribution >= 4 is 17.2 Å². The largest absolute Gasteiger partial charge is 0.445 e. The second-order valence-electron chi connectivity index (χ2n) is 7.11. The van der Waals surface area contributed by atoms with Gasteiger partial charge in [-0.25, -0.2) is 0 Å². The molecule has 3 fully saturated rings. The first-order valence-electron chi connectivity index (χ1n) is 9.05. The Bertz CT molecular complexity index is 845. The molecule has 3 aliphatic heterocycles. The Morgan fingerprint density at radius 2 is 1.89 bits per heavy atom. The molecule has 28 heavy (non-hydrogen) atoms. The molecule has 3 aliphatic rings. The van der Waals surface area contributed by atoms with E-state index in [4.69, 9.17) is 4.74 Å². The van der Waals surface area contributed by atoms with Gasteiger partial charge in [0.25, 0.3) is 11.1 Å². The molecule has 2 atom stereocenters. The van der Waals surface area contributed by atoms with Crippen molar-refractivity contribution < 1.29 is 22.7 Å². The quantitative estimate of drug-likeness (QED) is 0.832. The minimum atomic E-state index is -4.55. The summed E-state index contributed by atoms with van der Waals surface area (Å²) in [6.07, 6.45) is -2.35. The van der Waals surface area contributed by atoms with E-state index in [1.807, 2.05) is 0 Å². The number of carbonyl (C=O) groups is 1. The predicted molar refractivity (Wildman–Crippen MR) is 96.4 cm³/mol. The number of fused-ring (bicyclic) bond motifs is 3. The Hall–Kier alpha value is -2.20. The van der Waals surface area contributed by atoms with Crippen molar-refractivity contribution in [3.63, 3.8) is 0 Å². The molecule has 1 aromatic heterocycles. The zero-order chi connectivity index (χ0) is 19.9. The fraction of sp³-hybridized carbons (Fsp3) is 0.500. The highest BCUT2D eigenvalue weighted by atomic mass is 32.1. The molecular weight excluding hydrogens is 393 g/mol. The van der Waals surface area contributed by atoms with E-state index in [1.165, 1.54) is 12.1 Å². The van der Waals surface area contributed by atoms with Crippen LogP contribution in [0.3, 0.4) is 0 Å². The number of aromatic nitrogens is 2. The van der Waals surface area contributed by atoms with Gasteiger partial charge in [0.2, 0.25) is 5.01 Å². The number of piperidine rings is 3. The summed E-state index contributed by atoms with van der Waals surface area (Å²) >= 11 is 0.322. The van der Waals surface area contributed by atoms with Gasteiger partial charge in [0.15, 0.2) is 0 Å². The van der Waals surface area contributed by atoms with E-state index in [2.05, 4.69) is 27.3 Å². The summed E-state index contributed by atoms with van der Waals surface area (Å²) in [4.78, 5) is 15.0. The van der Waals surface area contributed by atoms with Gasteiger partial charge in [-0.3, -0.25) is 9.69 Å². The van der Waals surface area contributed by atoms with Crippen molar-refractivity contribution in [2.75, 3.05) is 13.1 Å². The topological polar surface area (TPSA) is 67.3 Å². The summed E-state index contributed by atoms with van der Waals surface area (Å²) in [5, 5.41) is 8.33. The molecule has 3 saturated heterocycles. The molecule has 10 heteroatoms. The van der Waals surface area contributed by atoms with Gasteiger partial charge >= 0.3 is 6.18 Å². The standard InChI is InChI=1S/C18H19F3N4O2S/c1-10-14(11-6-8-25(10)9-7-11)22-15(26)12-2-4-13(5-3-12)27-17-24-23-16(28-17)18(19,20)21/h2-5,10-11,14H,6-9H2,1H3,(H,22,26)/t10-,14-/m0/s1. The van der Waals surface area contributed by atoms with Crippen molar-refractivity contribution in [3.8, 4) is 10.9 Å². The Labute approximate surface area is 163 Å². The average Bonchev–Trinajstić information content (AvgIpc) is 3.14. The van der Waals surface area contributed by atoms with Crippen molar-refractivity contribution in [3.05, 3.63) is 34.8 Å². The Kier molecular flexibility index (Phi) is 5.00. The van der Waals surface area contributed by atoms with Gasteiger partial charge in [0.1, 0.15) is 5.75 Å². The zero-order valence-electron chi connectivity index (χ0n) is 15.1. The summed E-state index contributed by atoms with van der Waals surface area (Å²) in [5.41, 5.74) is 0.476. The number of hydrogen-bond donors (Lipinski definition) is 1. The lowest BCUT2D eigenvalue weighted by molar-refractivity contribution is -0.138. The number of amides is 1. The Balaban J connectivity index is 1.39. The lowest BCUT2D eigenvalue weighted by atomic mass is 9.79. The van der Waals surface area contributed by atoms with E-state index < -0.39 is 11.2 Å². The van der Waals surface area contributed by atoms with Gasteiger partial charge in [-0.15, -0.1) is 5.10 Å². The molecule has 1 amide bonds. The lowest BCUT2D eigenvalue weighted by Gasteiger charge is -2.49. The maximum atomic E-state index is 12.6. The maximum Gasteiger partial charge on any atom is 0.445 e. The van der Waals surface area contributed by atoms with Crippen LogP contribution in [-0.4, -0.2) is 46.2 Å². The Morgan fingerprint density at radius 3 is 2.46 bits per heavy atom. The van der Waals surface area contributed by atoms with Crippen molar-refractivity contribution in [1.29, 1.82) is 0 Å². The second kappa shape index (κ2) is 7.32. The molecule has 0 aliphatic carbocycles. The summed E-state index contributed by atoms with van der Waals surface area (Å²) in [5.74, 6) is 0.636. The van der Waals surface area contributed by atoms with E-state index >= 15 is 0 Å². The third-order valence-electron chi connectivity index (χ3n) is 5.45. The molecule has 0 radical (unpaired) electrons. The number of alkyl halides is 3. The van der Waals surface area contributed by atoms with Gasteiger partial charge < -0.3 is 10.1 Å². The van der Waals surface area contributed by atoms with E-state index in [1.54, 1.807) is 12.1 Å². The molecule has 5 rings (SSSR count). The summed E-state index contributed by atoms with van der Waals surface area (Å²) in [6.45, 7) is 4.32. The minimum absolute atomic E-state index is 0.133. The molecule has 1 N–H and O–H groups in total. The van der Waals surface area contributed by atoms with Crippen LogP contribution < -0.4 is 10.1 Å². The second-order valence-corrected chi connectivity index (χ2v) is 8.05. The van der Waals surface area contributed by atoms with Gasteiger partial charge in [0, 0.05) is 17.6 Å². The number of halogens is 3. The first kappa shape index (κ1) is 19.1. The van der Waals surface area contributed by atoms with Gasteiger partial charge in [-0.2, -0.15) is 13.2 Å². The highest BCUT2D eigenvalue weighted by molar-refractivity contribution is 7.13. The molecule has 2 aromatic rings. The van der Waals surface area contributed by atoms with Crippen molar-refractivity contribution in [2.45, 2.75) is 38.0 Å². The van der Waals surface area contributed by atoms with Gasteiger partial charge in [-0.1, -0.05) is 16.4 Å². The highest BCUT2D eigenvalue weighted by Crippen LogP contribution is 2.35. The zero-order valence-corrected chi connectivity index (χ0v) is 15.9. The van der Waals surface area contributed by atoms with Crippen molar-refractivity contribution in [1.82, 2.24) is 20.4 Å². The van der Waals surface area contributed by atoms with Crippen LogP contribution in [0, 0.1) is 5.92 Å². The van der Waals surface area contributed by atoms with E-state index in [0.717, 1.165) is 25.9 Å². The van der Waals surface area contributed by atoms with Crippen LogP contribution in [0.4, 0.5) is 13.2 Å². The molecular formula is C18H19F3N4O2S. The third kappa shape index (κ3) is 3.83. The van der Waals surface area contributed by atoms with E-state index in [9.17, 15) is 18.0 Å². The smallest absolute Gasteiger partial charge is 0.430 e. The molecule has 6 nitrogen and oxygen atoms in total. The number of carbonyl (C=O) groups excluding carboxylic acids is 1. The molecule has 4 heterocycles. The number of nitrogens with one attached hydrogen (secondary N) is 1. The van der Waals surface area contributed by atoms with Crippen LogP contribution >= 0.6 is 11.3 Å². The molecule has 150 valence electrons. The monoisotopic (exact) mass is 412 g/mol. The van der Waals surface area contributed by atoms with Gasteiger partial charge in [-0.05, 0) is 63.0 Å². The number of benzene rings is 1. The van der Waals surface area contributed by atoms with Gasteiger partial charge in [0.05, 0.1) is 0 Å². The summed E-state index contributed by atoms with van der Waals surface area (Å²) in [7, 11) is 0. The highest BCUT2D eigenvalue weighted by Gasteiger charge is 2.40. The molecule has 0 unspecified atom stereocenters. The third-order valence-corrected chi connectivity index (χ3v) is 6.29. The Morgan fingerprint density at radius 1 is 1.21 bits per heavy atom. The fourth-order valence-corrected chi connectivity index (χ4v) is 4.50. The van der Waals surface area contributed by atoms with E-state index in [0.29, 0.717) is 28.9 Å². The van der Waals surface area contributed by atoms with E-state index in [-0.39, 0.29) is 22.9 Å². The van der Waals surface area contributed by atoms with Crippen LogP contribution in [0.25, 0.3) is 0 Å². The summed E-state index contributed by atoms with van der Waals surface area (Å²) < 4.78 is 43.0. The van der Waals surface area contributed by atoms with Crippen molar-refractivity contribution in [2.24, 2.45) is 5.92 Å². The minimum Gasteiger partial charge on any atom is -0.430 e. The molecule has 0 saturated carbocycles. The van der Waals surface area contributed by atoms with Crippen LogP contribution in [-0.2, 0) is 6.18 Å². The predicted octanol–water partition coefficient (Wildman–Crippen LogP) is 3.56. The van der Waals surface area contributed by atoms with Crippen LogP contribution in [0.2, 0.25) is 0 Å². The number of hydrogen-bond acceptors (Lipinski definition) is 6. The number of nitrogens with zero attached hydrogens (tertiary/aromatic N) is 3. The molecule has 0 spiro atoms. The molecule has 2 bridgehead atoms. The van der Waals surface area contributed by atoms with Crippen LogP contribution in [0.5, 0.6) is 10.9 Å². The fourth-order valence-electron chi connectivity index (χ4n) is 3.92. The molecule has 1 aromatic carbocycles. The lowest BCUT2D eigenvalue weighted by Crippen LogP contribution is -2.62. The normalized spacial score (nSPS) is 26.9. The van der Waals surface area contributed by atoms with Crippen LogP contribution in [0.1, 0.15) is 35.1 Å². The summed E-state index contributed by atoms with van der Waals surface area (Å²) in [6, 6.07) is 6.69. The van der Waals surface area contributed by atoms with Crippen LogP contribution in [0.15, 0.2) is 24.3 Å².